The second-order valence-corrected chi connectivity index (χ2v) is 14.5. The molecule has 1 aliphatic heterocycles. The Kier molecular flexibility index (Phi) is 7.19. The summed E-state index contributed by atoms with van der Waals surface area (Å²) >= 11 is 0. The summed E-state index contributed by atoms with van der Waals surface area (Å²) < 4.78 is 6.95. The molecule has 0 fully saturated rings. The van der Waals surface area contributed by atoms with Crippen LogP contribution in [0.25, 0.3) is 55.6 Å². The van der Waals surface area contributed by atoms with Gasteiger partial charge in [-0.05, 0) is 104 Å². The number of anilines is 3. The Labute approximate surface area is 311 Å². The molecule has 1 aliphatic carbocycles. The van der Waals surface area contributed by atoms with Gasteiger partial charge >= 0.3 is 0 Å². The molecule has 8 aromatic rings. The van der Waals surface area contributed by atoms with Crippen LogP contribution >= 0.6 is 0 Å². The molecule has 0 atom stereocenters. The third-order valence-corrected chi connectivity index (χ3v) is 11.1. The molecule has 2 heteroatoms. The molecule has 0 radical (unpaired) electrons. The van der Waals surface area contributed by atoms with Crippen LogP contribution in [0.2, 0.25) is 0 Å². The van der Waals surface area contributed by atoms with Gasteiger partial charge in [-0.2, -0.15) is 0 Å². The number of fused-ring (bicyclic) bond motifs is 8. The van der Waals surface area contributed by atoms with Crippen LogP contribution in [0.1, 0.15) is 25.0 Å². The first kappa shape index (κ1) is 31.1. The zero-order valence-corrected chi connectivity index (χ0v) is 29.8. The first-order valence-corrected chi connectivity index (χ1v) is 18.3. The summed E-state index contributed by atoms with van der Waals surface area (Å²) in [7, 11) is 0. The van der Waals surface area contributed by atoms with Crippen molar-refractivity contribution in [3.05, 3.63) is 199 Å². The predicted molar refractivity (Wildman–Crippen MR) is 221 cm³/mol. The van der Waals surface area contributed by atoms with Crippen LogP contribution in [0.3, 0.4) is 0 Å². The van der Waals surface area contributed by atoms with E-state index in [4.69, 9.17) is 4.74 Å². The molecule has 0 bridgehead atoms. The number of rotatable bonds is 5. The Morgan fingerprint density at radius 3 is 1.75 bits per heavy atom. The van der Waals surface area contributed by atoms with Crippen molar-refractivity contribution in [3.63, 3.8) is 0 Å². The Morgan fingerprint density at radius 2 is 0.981 bits per heavy atom. The van der Waals surface area contributed by atoms with Crippen LogP contribution in [0.5, 0.6) is 11.5 Å². The number of benzene rings is 8. The van der Waals surface area contributed by atoms with E-state index in [-0.39, 0.29) is 5.41 Å². The van der Waals surface area contributed by atoms with E-state index in [2.05, 4.69) is 207 Å². The van der Waals surface area contributed by atoms with Crippen LogP contribution < -0.4 is 9.64 Å². The smallest absolute Gasteiger partial charge is 0.137 e. The Bertz CT molecular complexity index is 2670. The van der Waals surface area contributed by atoms with Crippen molar-refractivity contribution < 1.29 is 4.74 Å². The average molecular weight is 680 g/mol. The van der Waals surface area contributed by atoms with E-state index in [1.807, 2.05) is 0 Å². The fourth-order valence-electron chi connectivity index (χ4n) is 8.47. The van der Waals surface area contributed by atoms with Crippen molar-refractivity contribution in [2.45, 2.75) is 19.3 Å². The van der Waals surface area contributed by atoms with Crippen LogP contribution in [0, 0.1) is 0 Å². The SMILES string of the molecule is CC1(C)c2ccccc2-c2ccc(N(c3cccc(-c4ccccc4)c3)c3cccc4c3-c3ccccc3-c3cc(-c5ccccc5)ccc3O4)cc21. The summed E-state index contributed by atoms with van der Waals surface area (Å²) in [6, 6.07) is 67.8. The highest BCUT2D eigenvalue weighted by Gasteiger charge is 2.36. The average Bonchev–Trinajstić information content (AvgIpc) is 3.34. The predicted octanol–water partition coefficient (Wildman–Crippen LogP) is 14.2. The van der Waals surface area contributed by atoms with Crippen molar-refractivity contribution in [1.82, 2.24) is 0 Å². The van der Waals surface area contributed by atoms with E-state index in [0.717, 1.165) is 56.4 Å². The summed E-state index contributed by atoms with van der Waals surface area (Å²) in [4.78, 5) is 2.43. The van der Waals surface area contributed by atoms with Crippen LogP contribution in [0.4, 0.5) is 17.1 Å². The van der Waals surface area contributed by atoms with E-state index in [1.54, 1.807) is 0 Å². The largest absolute Gasteiger partial charge is 0.456 e. The van der Waals surface area contributed by atoms with Crippen molar-refractivity contribution in [1.29, 1.82) is 0 Å². The van der Waals surface area contributed by atoms with Gasteiger partial charge in [0.1, 0.15) is 11.5 Å². The highest BCUT2D eigenvalue weighted by molar-refractivity contribution is 6.00. The molecule has 10 rings (SSSR count). The molecule has 252 valence electrons. The zero-order valence-electron chi connectivity index (χ0n) is 29.8. The van der Waals surface area contributed by atoms with Gasteiger partial charge in [-0.25, -0.2) is 0 Å². The molecule has 2 aliphatic rings. The summed E-state index contributed by atoms with van der Waals surface area (Å²) in [5.74, 6) is 1.68. The number of hydrogen-bond acceptors (Lipinski definition) is 2. The van der Waals surface area contributed by atoms with Gasteiger partial charge in [0.05, 0.1) is 5.69 Å². The van der Waals surface area contributed by atoms with E-state index in [9.17, 15) is 0 Å². The maximum absolute atomic E-state index is 6.95. The van der Waals surface area contributed by atoms with E-state index in [0.29, 0.717) is 0 Å². The van der Waals surface area contributed by atoms with Gasteiger partial charge in [-0.1, -0.05) is 153 Å². The summed E-state index contributed by atoms with van der Waals surface area (Å²) in [5.41, 5.74) is 17.6. The molecule has 0 unspecified atom stereocenters. The maximum Gasteiger partial charge on any atom is 0.137 e. The highest BCUT2D eigenvalue weighted by atomic mass is 16.5. The first-order valence-electron chi connectivity index (χ1n) is 18.3. The molecule has 2 nitrogen and oxygen atoms in total. The van der Waals surface area contributed by atoms with Gasteiger partial charge in [0.15, 0.2) is 0 Å². The molecule has 1 heterocycles. The fraction of sp³-hybridized carbons (Fsp3) is 0.0588. The Balaban J connectivity index is 1.20. The standard InChI is InChI=1S/C51H37NO/c1-51(2)45-24-12-11-22-41(45)42-29-28-39(33-46(42)51)52(38-20-13-19-36(31-38)34-15-5-3-6-16-34)47-25-14-26-49-50(47)43-23-10-9-21-40(43)44-32-37(27-30-48(44)53-49)35-17-7-4-8-18-35/h3-33H,1-2H3. The lowest BCUT2D eigenvalue weighted by atomic mass is 9.82. The molecular formula is C51H37NO. The van der Waals surface area contributed by atoms with Crippen LogP contribution in [-0.4, -0.2) is 0 Å². The maximum atomic E-state index is 6.95. The third kappa shape index (κ3) is 5.10. The van der Waals surface area contributed by atoms with E-state index < -0.39 is 0 Å². The van der Waals surface area contributed by atoms with Gasteiger partial charge in [0, 0.05) is 27.9 Å². The molecule has 0 amide bonds. The second-order valence-electron chi connectivity index (χ2n) is 14.5. The van der Waals surface area contributed by atoms with E-state index >= 15 is 0 Å². The lowest BCUT2D eigenvalue weighted by molar-refractivity contribution is 0.488. The normalized spacial score (nSPS) is 13.0. The number of nitrogens with zero attached hydrogens (tertiary/aromatic N) is 1. The monoisotopic (exact) mass is 679 g/mol. The molecule has 0 saturated carbocycles. The number of hydrogen-bond donors (Lipinski definition) is 0. The molecule has 0 aromatic heterocycles. The van der Waals surface area contributed by atoms with Gasteiger partial charge in [0.25, 0.3) is 0 Å². The van der Waals surface area contributed by atoms with Crippen molar-refractivity contribution >= 4 is 17.1 Å². The van der Waals surface area contributed by atoms with Crippen LogP contribution in [-0.2, 0) is 5.41 Å². The topological polar surface area (TPSA) is 12.5 Å². The molecular weight excluding hydrogens is 643 g/mol. The Morgan fingerprint density at radius 1 is 0.377 bits per heavy atom. The lowest BCUT2D eigenvalue weighted by Gasteiger charge is -2.30. The second kappa shape index (κ2) is 12.3. The van der Waals surface area contributed by atoms with Gasteiger partial charge < -0.3 is 9.64 Å². The van der Waals surface area contributed by atoms with E-state index in [1.165, 1.54) is 38.9 Å². The molecule has 8 aromatic carbocycles. The van der Waals surface area contributed by atoms with Crippen molar-refractivity contribution in [2.75, 3.05) is 4.90 Å². The number of ether oxygens (including phenoxy) is 1. The van der Waals surface area contributed by atoms with Gasteiger partial charge in [-0.15, -0.1) is 0 Å². The molecule has 0 spiro atoms. The minimum Gasteiger partial charge on any atom is -0.456 e. The van der Waals surface area contributed by atoms with Crippen molar-refractivity contribution in [3.8, 4) is 67.1 Å². The first-order chi connectivity index (χ1) is 26.0. The highest BCUT2D eigenvalue weighted by Crippen LogP contribution is 2.55. The molecule has 53 heavy (non-hydrogen) atoms. The minimum atomic E-state index is -0.138. The Hall–Kier alpha value is -6.64. The van der Waals surface area contributed by atoms with Gasteiger partial charge in [-0.3, -0.25) is 0 Å². The summed E-state index contributed by atoms with van der Waals surface area (Å²) in [6.45, 7) is 4.70. The van der Waals surface area contributed by atoms with Crippen LogP contribution in [0.15, 0.2) is 188 Å². The van der Waals surface area contributed by atoms with Crippen molar-refractivity contribution in [2.24, 2.45) is 0 Å². The molecule has 0 N–H and O–H groups in total. The summed E-state index contributed by atoms with van der Waals surface area (Å²) in [5, 5.41) is 0. The molecule has 0 saturated heterocycles. The quantitative estimate of drug-likeness (QED) is 0.180. The third-order valence-electron chi connectivity index (χ3n) is 11.1. The zero-order chi connectivity index (χ0) is 35.5. The lowest BCUT2D eigenvalue weighted by Crippen LogP contribution is -2.17. The fourth-order valence-corrected chi connectivity index (χ4v) is 8.47. The minimum absolute atomic E-state index is 0.138. The van der Waals surface area contributed by atoms with Gasteiger partial charge in [0.2, 0.25) is 0 Å². The summed E-state index contributed by atoms with van der Waals surface area (Å²) in [6.07, 6.45) is 0.